The van der Waals surface area contributed by atoms with E-state index in [0.29, 0.717) is 46.7 Å². The zero-order valence-corrected chi connectivity index (χ0v) is 16.3. The Morgan fingerprint density at radius 3 is 2.77 bits per heavy atom. The predicted molar refractivity (Wildman–Crippen MR) is 106 cm³/mol. The van der Waals surface area contributed by atoms with Gasteiger partial charge in [0.25, 0.3) is 5.91 Å². The molecule has 0 bridgehead atoms. The molecule has 6 nitrogen and oxygen atoms in total. The lowest BCUT2D eigenvalue weighted by Gasteiger charge is -2.13. The summed E-state index contributed by atoms with van der Waals surface area (Å²) >= 11 is 6.54. The second-order valence-electron chi connectivity index (χ2n) is 5.53. The molecule has 0 aromatic heterocycles. The van der Waals surface area contributed by atoms with Gasteiger partial charge in [-0.15, -0.1) is 0 Å². The number of carbonyl (C=O) groups is 2. The molecule has 1 aliphatic rings. The molecular weight excluding hydrogens is 374 g/mol. The third kappa shape index (κ3) is 5.22. The molecule has 1 heterocycles. The molecule has 0 spiro atoms. The molecule has 0 atom stereocenters. The van der Waals surface area contributed by atoms with Crippen LogP contribution in [0.15, 0.2) is 23.1 Å². The SMILES string of the molecule is CCOc1cc(/C=C2\SC(=S)N(CCCCC(=O)O)C2=O)ccc1OC. The van der Waals surface area contributed by atoms with Crippen LogP contribution in [0.3, 0.4) is 0 Å². The zero-order chi connectivity index (χ0) is 19.1. The van der Waals surface area contributed by atoms with E-state index in [9.17, 15) is 9.59 Å². The van der Waals surface area contributed by atoms with E-state index < -0.39 is 5.97 Å². The zero-order valence-electron chi connectivity index (χ0n) is 14.7. The number of carbonyl (C=O) groups excluding carboxylic acids is 1. The maximum Gasteiger partial charge on any atom is 0.303 e. The fraction of sp³-hybridized carbons (Fsp3) is 0.389. The summed E-state index contributed by atoms with van der Waals surface area (Å²) in [5.41, 5.74) is 0.820. The standard InChI is InChI=1S/C18H21NO5S2/c1-3-24-14-10-12(7-8-13(14)23-2)11-15-17(22)19(18(25)26-15)9-5-4-6-16(20)21/h7-8,10-11H,3-6,9H2,1-2H3,(H,20,21)/b15-11-. The molecule has 1 aliphatic heterocycles. The van der Waals surface area contributed by atoms with E-state index in [2.05, 4.69) is 0 Å². The van der Waals surface area contributed by atoms with E-state index in [4.69, 9.17) is 26.8 Å². The molecule has 0 saturated carbocycles. The minimum atomic E-state index is -0.833. The van der Waals surface area contributed by atoms with Crippen molar-refractivity contribution in [3.05, 3.63) is 28.7 Å². The first kappa shape index (κ1) is 20.3. The fourth-order valence-electron chi connectivity index (χ4n) is 2.44. The number of unbranched alkanes of at least 4 members (excludes halogenated alkanes) is 1. The average molecular weight is 396 g/mol. The number of thioether (sulfide) groups is 1. The molecule has 2 rings (SSSR count). The smallest absolute Gasteiger partial charge is 0.303 e. The van der Waals surface area contributed by atoms with Gasteiger partial charge in [0.15, 0.2) is 11.5 Å². The van der Waals surface area contributed by atoms with Gasteiger partial charge >= 0.3 is 5.97 Å². The Kier molecular flexibility index (Phi) is 7.47. The van der Waals surface area contributed by atoms with E-state index in [1.165, 1.54) is 16.7 Å². The summed E-state index contributed by atoms with van der Waals surface area (Å²) in [5, 5.41) is 8.67. The number of amides is 1. The van der Waals surface area contributed by atoms with Crippen molar-refractivity contribution in [3.63, 3.8) is 0 Å². The lowest BCUT2D eigenvalue weighted by atomic mass is 10.2. The van der Waals surface area contributed by atoms with Crippen LogP contribution in [0.25, 0.3) is 6.08 Å². The lowest BCUT2D eigenvalue weighted by Crippen LogP contribution is -2.29. The van der Waals surface area contributed by atoms with Crippen LogP contribution >= 0.6 is 24.0 Å². The Balaban J connectivity index is 2.09. The van der Waals surface area contributed by atoms with Crippen molar-refractivity contribution in [2.45, 2.75) is 26.2 Å². The average Bonchev–Trinajstić information content (AvgIpc) is 2.86. The summed E-state index contributed by atoms with van der Waals surface area (Å²) in [5.74, 6) is 0.270. The maximum atomic E-state index is 12.6. The summed E-state index contributed by atoms with van der Waals surface area (Å²) in [4.78, 5) is 25.2. The molecule has 0 unspecified atom stereocenters. The van der Waals surface area contributed by atoms with E-state index in [0.717, 1.165) is 5.56 Å². The monoisotopic (exact) mass is 395 g/mol. The van der Waals surface area contributed by atoms with Gasteiger partial charge in [0, 0.05) is 13.0 Å². The first-order valence-electron chi connectivity index (χ1n) is 8.24. The van der Waals surface area contributed by atoms with Gasteiger partial charge in [-0.1, -0.05) is 30.0 Å². The number of aliphatic carboxylic acids is 1. The van der Waals surface area contributed by atoms with Crippen LogP contribution in [0.4, 0.5) is 0 Å². The molecule has 8 heteroatoms. The third-order valence-corrected chi connectivity index (χ3v) is 5.06. The number of hydrogen-bond donors (Lipinski definition) is 1. The van der Waals surface area contributed by atoms with Crippen LogP contribution in [-0.4, -0.2) is 46.5 Å². The molecular formula is C18H21NO5S2. The Morgan fingerprint density at radius 1 is 1.35 bits per heavy atom. The van der Waals surface area contributed by atoms with E-state index >= 15 is 0 Å². The Labute approximate surface area is 162 Å². The largest absolute Gasteiger partial charge is 0.493 e. The highest BCUT2D eigenvalue weighted by atomic mass is 32.2. The summed E-state index contributed by atoms with van der Waals surface area (Å²) in [6.45, 7) is 2.84. The number of carboxylic acids is 1. The molecule has 1 aromatic carbocycles. The Bertz CT molecular complexity index is 732. The van der Waals surface area contributed by atoms with Crippen LogP contribution in [-0.2, 0) is 9.59 Å². The van der Waals surface area contributed by atoms with Crippen molar-refractivity contribution >= 4 is 46.3 Å². The number of benzene rings is 1. The summed E-state index contributed by atoms with van der Waals surface area (Å²) in [7, 11) is 1.58. The number of nitrogens with zero attached hydrogens (tertiary/aromatic N) is 1. The van der Waals surface area contributed by atoms with Gasteiger partial charge in [0.2, 0.25) is 0 Å². The number of methoxy groups -OCH3 is 1. The van der Waals surface area contributed by atoms with Crippen LogP contribution in [0, 0.1) is 0 Å². The van der Waals surface area contributed by atoms with Crippen LogP contribution in [0.2, 0.25) is 0 Å². The lowest BCUT2D eigenvalue weighted by molar-refractivity contribution is -0.137. The van der Waals surface area contributed by atoms with Crippen LogP contribution in [0.5, 0.6) is 11.5 Å². The summed E-state index contributed by atoms with van der Waals surface area (Å²) in [6, 6.07) is 5.46. The number of hydrogen-bond acceptors (Lipinski definition) is 6. The molecule has 1 saturated heterocycles. The molecule has 1 fully saturated rings. The second-order valence-corrected chi connectivity index (χ2v) is 7.20. The van der Waals surface area contributed by atoms with E-state index in [1.54, 1.807) is 19.3 Å². The highest BCUT2D eigenvalue weighted by molar-refractivity contribution is 8.26. The number of rotatable bonds is 9. The minimum Gasteiger partial charge on any atom is -0.493 e. The number of carboxylic acid groups (broad SMARTS) is 1. The Hall–Kier alpha value is -2.06. The van der Waals surface area contributed by atoms with Crippen molar-refractivity contribution < 1.29 is 24.2 Å². The van der Waals surface area contributed by atoms with Gasteiger partial charge in [-0.05, 0) is 43.5 Å². The topological polar surface area (TPSA) is 76.1 Å². The molecule has 1 amide bonds. The van der Waals surface area contributed by atoms with Crippen LogP contribution < -0.4 is 9.47 Å². The normalized spacial score (nSPS) is 15.6. The molecule has 0 radical (unpaired) electrons. The molecule has 26 heavy (non-hydrogen) atoms. The predicted octanol–water partition coefficient (Wildman–Crippen LogP) is 3.55. The molecule has 140 valence electrons. The van der Waals surface area contributed by atoms with Gasteiger partial charge in [-0.25, -0.2) is 0 Å². The highest BCUT2D eigenvalue weighted by Gasteiger charge is 2.31. The minimum absolute atomic E-state index is 0.0939. The van der Waals surface area contributed by atoms with Gasteiger partial charge < -0.3 is 14.6 Å². The number of thiocarbonyl (C=S) groups is 1. The van der Waals surface area contributed by atoms with Crippen LogP contribution in [0.1, 0.15) is 31.7 Å². The van der Waals surface area contributed by atoms with Crippen molar-refractivity contribution in [2.24, 2.45) is 0 Å². The second kappa shape index (κ2) is 9.59. The van der Waals surface area contributed by atoms with Gasteiger partial charge in [0.05, 0.1) is 18.6 Å². The van der Waals surface area contributed by atoms with E-state index in [1.807, 2.05) is 19.1 Å². The Morgan fingerprint density at radius 2 is 2.12 bits per heavy atom. The highest BCUT2D eigenvalue weighted by Crippen LogP contribution is 2.34. The van der Waals surface area contributed by atoms with Gasteiger partial charge in [0.1, 0.15) is 4.32 Å². The molecule has 1 N–H and O–H groups in total. The van der Waals surface area contributed by atoms with Crippen molar-refractivity contribution in [3.8, 4) is 11.5 Å². The van der Waals surface area contributed by atoms with Gasteiger partial charge in [-0.3, -0.25) is 14.5 Å². The molecule has 0 aliphatic carbocycles. The third-order valence-electron chi connectivity index (χ3n) is 3.68. The van der Waals surface area contributed by atoms with Crippen molar-refractivity contribution in [1.82, 2.24) is 4.90 Å². The summed E-state index contributed by atoms with van der Waals surface area (Å²) in [6.07, 6.45) is 2.99. The summed E-state index contributed by atoms with van der Waals surface area (Å²) < 4.78 is 11.3. The van der Waals surface area contributed by atoms with E-state index in [-0.39, 0.29) is 12.3 Å². The first-order chi connectivity index (χ1) is 12.5. The quantitative estimate of drug-likeness (QED) is 0.389. The molecule has 1 aromatic rings. The van der Waals surface area contributed by atoms with Gasteiger partial charge in [-0.2, -0.15) is 0 Å². The first-order valence-corrected chi connectivity index (χ1v) is 9.46. The van der Waals surface area contributed by atoms with Crippen molar-refractivity contribution in [2.75, 3.05) is 20.3 Å². The number of ether oxygens (including phenoxy) is 2. The van der Waals surface area contributed by atoms with Crippen molar-refractivity contribution in [1.29, 1.82) is 0 Å². The maximum absolute atomic E-state index is 12.6. The fourth-order valence-corrected chi connectivity index (χ4v) is 3.75.